The quantitative estimate of drug-likeness (QED) is 0.830. The fourth-order valence-corrected chi connectivity index (χ4v) is 3.74. The van der Waals surface area contributed by atoms with Gasteiger partial charge in [-0.2, -0.15) is 13.2 Å². The SMILES string of the molecule is CC(CN1CCCCC1)NCC1CCCC(C(F)(F)F)C1. The molecule has 0 spiro atoms. The van der Waals surface area contributed by atoms with Gasteiger partial charge < -0.3 is 10.2 Å². The van der Waals surface area contributed by atoms with Crippen LogP contribution in [0.2, 0.25) is 0 Å². The van der Waals surface area contributed by atoms with Crippen LogP contribution in [0.3, 0.4) is 0 Å². The van der Waals surface area contributed by atoms with E-state index in [1.807, 2.05) is 0 Å². The maximum absolute atomic E-state index is 12.8. The largest absolute Gasteiger partial charge is 0.391 e. The predicted octanol–water partition coefficient (Wildman–Crippen LogP) is 3.82. The molecule has 0 aromatic rings. The molecule has 0 aromatic heterocycles. The topological polar surface area (TPSA) is 15.3 Å². The predicted molar refractivity (Wildman–Crippen MR) is 79.3 cm³/mol. The monoisotopic (exact) mass is 306 g/mol. The second kappa shape index (κ2) is 7.82. The molecule has 0 aromatic carbocycles. The van der Waals surface area contributed by atoms with Crippen molar-refractivity contribution in [2.24, 2.45) is 11.8 Å². The van der Waals surface area contributed by atoms with Crippen molar-refractivity contribution in [1.29, 1.82) is 0 Å². The van der Waals surface area contributed by atoms with Gasteiger partial charge in [-0.25, -0.2) is 0 Å². The molecule has 2 aliphatic rings. The summed E-state index contributed by atoms with van der Waals surface area (Å²) in [6.45, 7) is 6.26. The molecule has 2 nitrogen and oxygen atoms in total. The number of halogens is 3. The van der Waals surface area contributed by atoms with Crippen LogP contribution in [0.25, 0.3) is 0 Å². The fourth-order valence-electron chi connectivity index (χ4n) is 3.74. The third-order valence-electron chi connectivity index (χ3n) is 4.98. The van der Waals surface area contributed by atoms with Gasteiger partial charge in [0.15, 0.2) is 0 Å². The van der Waals surface area contributed by atoms with E-state index < -0.39 is 12.1 Å². The van der Waals surface area contributed by atoms with Crippen LogP contribution in [0.5, 0.6) is 0 Å². The van der Waals surface area contributed by atoms with E-state index in [0.29, 0.717) is 18.9 Å². The lowest BCUT2D eigenvalue weighted by molar-refractivity contribution is -0.185. The van der Waals surface area contributed by atoms with Crippen LogP contribution in [0.4, 0.5) is 13.2 Å². The molecule has 0 amide bonds. The first-order chi connectivity index (χ1) is 9.95. The van der Waals surface area contributed by atoms with E-state index >= 15 is 0 Å². The van der Waals surface area contributed by atoms with E-state index in [4.69, 9.17) is 0 Å². The number of alkyl halides is 3. The molecule has 0 radical (unpaired) electrons. The highest BCUT2D eigenvalue weighted by molar-refractivity contribution is 4.80. The molecule has 1 aliphatic carbocycles. The number of hydrogen-bond acceptors (Lipinski definition) is 2. The van der Waals surface area contributed by atoms with Crippen LogP contribution in [0.1, 0.15) is 51.9 Å². The van der Waals surface area contributed by atoms with Crippen LogP contribution in [-0.2, 0) is 0 Å². The average Bonchev–Trinajstić information content (AvgIpc) is 2.46. The number of rotatable bonds is 5. The number of hydrogen-bond donors (Lipinski definition) is 1. The molecule has 21 heavy (non-hydrogen) atoms. The highest BCUT2D eigenvalue weighted by atomic mass is 19.4. The molecular formula is C16H29F3N2. The average molecular weight is 306 g/mol. The highest BCUT2D eigenvalue weighted by Crippen LogP contribution is 2.39. The Morgan fingerprint density at radius 3 is 2.48 bits per heavy atom. The van der Waals surface area contributed by atoms with Crippen molar-refractivity contribution < 1.29 is 13.2 Å². The zero-order valence-electron chi connectivity index (χ0n) is 13.1. The number of nitrogens with zero attached hydrogens (tertiary/aromatic N) is 1. The normalized spacial score (nSPS) is 30.3. The first kappa shape index (κ1) is 17.1. The molecule has 1 aliphatic heterocycles. The fraction of sp³-hybridized carbons (Fsp3) is 1.00. The van der Waals surface area contributed by atoms with Crippen molar-refractivity contribution in [3.63, 3.8) is 0 Å². The van der Waals surface area contributed by atoms with Gasteiger partial charge in [0, 0.05) is 12.6 Å². The smallest absolute Gasteiger partial charge is 0.313 e. The molecule has 3 atom stereocenters. The number of piperidine rings is 1. The minimum Gasteiger partial charge on any atom is -0.313 e. The lowest BCUT2D eigenvalue weighted by Gasteiger charge is -2.33. The summed E-state index contributed by atoms with van der Waals surface area (Å²) in [6, 6.07) is 0.370. The zero-order chi connectivity index (χ0) is 15.3. The van der Waals surface area contributed by atoms with Gasteiger partial charge in [0.05, 0.1) is 5.92 Å². The molecular weight excluding hydrogens is 277 g/mol. The van der Waals surface area contributed by atoms with Gasteiger partial charge in [-0.15, -0.1) is 0 Å². The van der Waals surface area contributed by atoms with Gasteiger partial charge in [-0.1, -0.05) is 12.8 Å². The minimum atomic E-state index is -4.00. The summed E-state index contributed by atoms with van der Waals surface area (Å²) >= 11 is 0. The van der Waals surface area contributed by atoms with Crippen molar-refractivity contribution in [2.45, 2.75) is 64.1 Å². The van der Waals surface area contributed by atoms with Crippen molar-refractivity contribution in [3.05, 3.63) is 0 Å². The molecule has 1 N–H and O–H groups in total. The molecule has 0 bridgehead atoms. The maximum Gasteiger partial charge on any atom is 0.391 e. The van der Waals surface area contributed by atoms with Crippen molar-refractivity contribution in [1.82, 2.24) is 10.2 Å². The van der Waals surface area contributed by atoms with E-state index in [9.17, 15) is 13.2 Å². The Morgan fingerprint density at radius 2 is 1.81 bits per heavy atom. The molecule has 5 heteroatoms. The zero-order valence-corrected chi connectivity index (χ0v) is 13.1. The minimum absolute atomic E-state index is 0.189. The van der Waals surface area contributed by atoms with E-state index in [-0.39, 0.29) is 5.92 Å². The first-order valence-corrected chi connectivity index (χ1v) is 8.47. The molecule has 2 fully saturated rings. The summed E-state index contributed by atoms with van der Waals surface area (Å²) in [5.74, 6) is -0.885. The highest BCUT2D eigenvalue weighted by Gasteiger charge is 2.41. The summed E-state index contributed by atoms with van der Waals surface area (Å²) in [5, 5.41) is 3.46. The standard InChI is InChI=1S/C16H29F3N2/c1-13(12-21-8-3-2-4-9-21)20-11-14-6-5-7-15(10-14)16(17,18)19/h13-15,20H,2-12H2,1H3. The van der Waals surface area contributed by atoms with Gasteiger partial charge in [0.2, 0.25) is 0 Å². The van der Waals surface area contributed by atoms with Crippen LogP contribution in [0, 0.1) is 11.8 Å². The Kier molecular flexibility index (Phi) is 6.35. The molecule has 124 valence electrons. The van der Waals surface area contributed by atoms with Crippen LogP contribution >= 0.6 is 0 Å². The molecule has 3 unspecified atom stereocenters. The molecule has 1 saturated heterocycles. The molecule has 1 heterocycles. The Morgan fingerprint density at radius 1 is 1.10 bits per heavy atom. The summed E-state index contributed by atoms with van der Waals surface area (Å²) in [4.78, 5) is 2.47. The Labute approximate surface area is 126 Å². The summed E-state index contributed by atoms with van der Waals surface area (Å²) < 4.78 is 38.4. The lowest BCUT2D eigenvalue weighted by atomic mass is 9.81. The van der Waals surface area contributed by atoms with E-state index in [1.54, 1.807) is 0 Å². The maximum atomic E-state index is 12.8. The number of nitrogens with one attached hydrogen (secondary N) is 1. The molecule has 2 rings (SSSR count). The van der Waals surface area contributed by atoms with Crippen molar-refractivity contribution in [3.8, 4) is 0 Å². The van der Waals surface area contributed by atoms with Crippen LogP contribution in [-0.4, -0.2) is 43.3 Å². The van der Waals surface area contributed by atoms with E-state index in [2.05, 4.69) is 17.1 Å². The number of likely N-dealkylation sites (tertiary alicyclic amines) is 1. The summed E-state index contributed by atoms with van der Waals surface area (Å²) in [7, 11) is 0. The van der Waals surface area contributed by atoms with E-state index in [1.165, 1.54) is 32.4 Å². The van der Waals surface area contributed by atoms with Gasteiger partial charge in [-0.3, -0.25) is 0 Å². The third kappa shape index (κ3) is 5.78. The molecule has 1 saturated carbocycles. The third-order valence-corrected chi connectivity index (χ3v) is 4.98. The second-order valence-corrected chi connectivity index (χ2v) is 6.94. The Balaban J connectivity index is 1.67. The van der Waals surface area contributed by atoms with Gasteiger partial charge >= 0.3 is 6.18 Å². The first-order valence-electron chi connectivity index (χ1n) is 8.47. The van der Waals surface area contributed by atoms with Gasteiger partial charge in [-0.05, 0) is 64.6 Å². The lowest BCUT2D eigenvalue weighted by Crippen LogP contribution is -2.43. The Hall–Kier alpha value is -0.290. The van der Waals surface area contributed by atoms with Gasteiger partial charge in [0.1, 0.15) is 0 Å². The van der Waals surface area contributed by atoms with Crippen LogP contribution in [0.15, 0.2) is 0 Å². The van der Waals surface area contributed by atoms with Gasteiger partial charge in [0.25, 0.3) is 0 Å². The Bertz CT molecular complexity index is 300. The van der Waals surface area contributed by atoms with Crippen molar-refractivity contribution in [2.75, 3.05) is 26.2 Å². The van der Waals surface area contributed by atoms with E-state index in [0.717, 1.165) is 25.9 Å². The second-order valence-electron chi connectivity index (χ2n) is 6.94. The summed E-state index contributed by atoms with van der Waals surface area (Å²) in [5.41, 5.74) is 0. The van der Waals surface area contributed by atoms with Crippen LogP contribution < -0.4 is 5.32 Å². The summed E-state index contributed by atoms with van der Waals surface area (Å²) in [6.07, 6.45) is 2.19. The van der Waals surface area contributed by atoms with Crippen molar-refractivity contribution >= 4 is 0 Å².